The third kappa shape index (κ3) is 5.46. The number of imide groups is 2. The highest BCUT2D eigenvalue weighted by Gasteiger charge is 2.71. The van der Waals surface area contributed by atoms with Crippen molar-refractivity contribution in [3.05, 3.63) is 136 Å². The van der Waals surface area contributed by atoms with E-state index in [2.05, 4.69) is 17.0 Å². The molecule has 0 spiro atoms. The van der Waals surface area contributed by atoms with Crippen LogP contribution in [0.5, 0.6) is 11.5 Å². The number of allylic oxidation sites excluding steroid dienone is 2. The van der Waals surface area contributed by atoms with Crippen LogP contribution in [0.25, 0.3) is 0 Å². The summed E-state index contributed by atoms with van der Waals surface area (Å²) in [6, 6.07) is 31.0. The van der Waals surface area contributed by atoms with E-state index in [-0.39, 0.29) is 30.0 Å². The Kier molecular flexibility index (Phi) is 8.89. The first-order valence-corrected chi connectivity index (χ1v) is 19.5. The number of likely N-dealkylation sites (tertiary alicyclic amines) is 2. The number of ether oxygens (including phenoxy) is 1. The normalized spacial score (nSPS) is 28.2. The molecule has 0 unspecified atom stereocenters. The number of phenolic OH excluding ortho intramolecular Hbond substituents is 1. The fourth-order valence-electron chi connectivity index (χ4n) is 10.6. The van der Waals surface area contributed by atoms with E-state index in [0.29, 0.717) is 46.8 Å². The van der Waals surface area contributed by atoms with E-state index in [1.807, 2.05) is 54.6 Å². The third-order valence-corrected chi connectivity index (χ3v) is 13.2. The molecule has 0 radical (unpaired) electrons. The van der Waals surface area contributed by atoms with Crippen molar-refractivity contribution in [1.82, 2.24) is 9.80 Å². The van der Waals surface area contributed by atoms with Crippen LogP contribution in [0.3, 0.4) is 0 Å². The van der Waals surface area contributed by atoms with E-state index in [9.17, 15) is 14.7 Å². The summed E-state index contributed by atoms with van der Waals surface area (Å²) < 4.78 is 5.90. The van der Waals surface area contributed by atoms with E-state index in [4.69, 9.17) is 16.3 Å². The van der Waals surface area contributed by atoms with Gasteiger partial charge in [-0.15, -0.1) is 0 Å². The van der Waals surface area contributed by atoms with Gasteiger partial charge in [0.15, 0.2) is 0 Å². The summed E-state index contributed by atoms with van der Waals surface area (Å²) in [5.41, 5.74) is 1.84. The number of benzene rings is 4. The number of hydrogen-bond donors (Lipinski definition) is 1. The summed E-state index contributed by atoms with van der Waals surface area (Å²) in [6.45, 7) is 2.36. The van der Waals surface area contributed by atoms with Gasteiger partial charge in [0.1, 0.15) is 11.5 Å². The van der Waals surface area contributed by atoms with Gasteiger partial charge in [-0.3, -0.25) is 29.0 Å². The van der Waals surface area contributed by atoms with Crippen LogP contribution in [0.15, 0.2) is 115 Å². The first-order valence-electron chi connectivity index (χ1n) is 19.1. The summed E-state index contributed by atoms with van der Waals surface area (Å²) >= 11 is 6.44. The predicted molar refractivity (Wildman–Crippen MR) is 207 cm³/mol. The van der Waals surface area contributed by atoms with Gasteiger partial charge in [0.2, 0.25) is 23.6 Å². The Hall–Kier alpha value is -5.25. The fourth-order valence-corrected chi connectivity index (χ4v) is 10.8. The van der Waals surface area contributed by atoms with Gasteiger partial charge in [-0.05, 0) is 73.1 Å². The molecule has 6 atom stereocenters. The highest BCUT2D eigenvalue weighted by atomic mass is 35.5. The van der Waals surface area contributed by atoms with Crippen molar-refractivity contribution in [1.29, 1.82) is 0 Å². The van der Waals surface area contributed by atoms with Crippen LogP contribution in [-0.2, 0) is 31.1 Å². The number of rotatable bonds is 7. The van der Waals surface area contributed by atoms with E-state index in [1.54, 1.807) is 47.4 Å². The molecule has 280 valence electrons. The Morgan fingerprint density at radius 2 is 1.53 bits per heavy atom. The number of aromatic hydroxyl groups is 1. The number of nitrogens with zero attached hydrogens (tertiary/aromatic N) is 3. The number of amides is 4. The number of phenols is 1. The molecular weight excluding hydrogens is 714 g/mol. The molecule has 10 heteroatoms. The Morgan fingerprint density at radius 3 is 2.24 bits per heavy atom. The average molecular weight is 756 g/mol. The Bertz CT molecular complexity index is 2220. The van der Waals surface area contributed by atoms with Crippen molar-refractivity contribution in [3.8, 4) is 11.5 Å². The quantitative estimate of drug-likeness (QED) is 0.162. The summed E-state index contributed by atoms with van der Waals surface area (Å²) in [5, 5.41) is 12.1. The molecule has 9 rings (SSSR count). The number of halogens is 1. The van der Waals surface area contributed by atoms with Crippen molar-refractivity contribution in [2.45, 2.75) is 49.6 Å². The van der Waals surface area contributed by atoms with Crippen molar-refractivity contribution in [2.75, 3.05) is 25.1 Å². The smallest absolute Gasteiger partial charge is 0.246 e. The van der Waals surface area contributed by atoms with Crippen LogP contribution in [0.4, 0.5) is 5.69 Å². The predicted octanol–water partition coefficient (Wildman–Crippen LogP) is 6.88. The van der Waals surface area contributed by atoms with Gasteiger partial charge in [-0.25, -0.2) is 4.90 Å². The van der Waals surface area contributed by atoms with Gasteiger partial charge in [-0.1, -0.05) is 96.0 Å². The van der Waals surface area contributed by atoms with Gasteiger partial charge in [0, 0.05) is 42.2 Å². The molecule has 3 heterocycles. The molecule has 55 heavy (non-hydrogen) atoms. The Balaban J connectivity index is 1.14. The van der Waals surface area contributed by atoms with E-state index in [0.717, 1.165) is 25.2 Å². The second-order valence-electron chi connectivity index (χ2n) is 15.5. The maximum atomic E-state index is 15.5. The third-order valence-electron chi connectivity index (χ3n) is 12.9. The number of fused-ring (bicyclic) bond motifs is 4. The first kappa shape index (κ1) is 35.5. The molecule has 0 aromatic heterocycles. The van der Waals surface area contributed by atoms with E-state index in [1.165, 1.54) is 17.6 Å². The van der Waals surface area contributed by atoms with Gasteiger partial charge < -0.3 is 9.84 Å². The van der Waals surface area contributed by atoms with Crippen molar-refractivity contribution >= 4 is 40.9 Å². The lowest BCUT2D eigenvalue weighted by atomic mass is 9.49. The van der Waals surface area contributed by atoms with E-state index >= 15 is 9.59 Å². The molecular formula is C45H42ClN3O6. The largest absolute Gasteiger partial charge is 0.508 e. The standard InChI is InChI=1S/C45H42ClN3O6/c1-55-37-17-9-16-36(50)39(37)40-32-18-19-33-38(43(53)48(41(33)51)30-20-22-47(23-21-30)26-27-10-4-2-5-11-27)34(32)25-35-42(52)49(31-15-8-14-29(46)24-31)44(54)45(35,40)28-12-6-3-7-13-28/h2-18,24,30,33-35,38,40,50H,19-23,25-26H2,1H3/t33-,34+,35-,38-,40+,45+/m0/s1. The van der Waals surface area contributed by atoms with E-state index < -0.39 is 46.8 Å². The van der Waals surface area contributed by atoms with Crippen LogP contribution in [0.1, 0.15) is 48.3 Å². The van der Waals surface area contributed by atoms with Crippen LogP contribution in [0, 0.1) is 23.7 Å². The molecule has 4 fully saturated rings. The number of methoxy groups -OCH3 is 1. The van der Waals surface area contributed by atoms with Gasteiger partial charge in [0.05, 0.1) is 36.0 Å². The molecule has 0 bridgehead atoms. The van der Waals surface area contributed by atoms with Crippen LogP contribution >= 0.6 is 11.6 Å². The zero-order valence-electron chi connectivity index (χ0n) is 30.5. The maximum absolute atomic E-state index is 15.5. The fraction of sp³-hybridized carbons (Fsp3) is 0.333. The molecule has 4 amide bonds. The minimum absolute atomic E-state index is 0.0822. The number of piperidine rings is 1. The molecule has 3 saturated heterocycles. The zero-order chi connectivity index (χ0) is 38.0. The molecule has 2 aliphatic carbocycles. The zero-order valence-corrected chi connectivity index (χ0v) is 31.3. The number of carbonyl (C=O) groups is 4. The molecule has 4 aromatic rings. The molecule has 4 aromatic carbocycles. The SMILES string of the molecule is COc1cccc(O)c1[C@H]1C2=CC[C@@H]3C(=O)N(C4CCN(Cc5ccccc5)CC4)C(=O)[C@@H]3[C@@H]2C[C@H]2C(=O)N(c3cccc(Cl)c3)C(=O)[C@@]12c1ccccc1. The summed E-state index contributed by atoms with van der Waals surface area (Å²) in [7, 11) is 1.51. The van der Waals surface area contributed by atoms with Crippen LogP contribution in [-0.4, -0.2) is 64.8 Å². The second kappa shape index (κ2) is 13.8. The minimum Gasteiger partial charge on any atom is -0.508 e. The van der Waals surface area contributed by atoms with Crippen molar-refractivity contribution < 1.29 is 29.0 Å². The van der Waals surface area contributed by atoms with Crippen LogP contribution < -0.4 is 9.64 Å². The van der Waals surface area contributed by atoms with Gasteiger partial charge >= 0.3 is 0 Å². The monoisotopic (exact) mass is 755 g/mol. The van der Waals surface area contributed by atoms with Crippen molar-refractivity contribution in [2.24, 2.45) is 23.7 Å². The van der Waals surface area contributed by atoms with Crippen LogP contribution in [0.2, 0.25) is 5.02 Å². The lowest BCUT2D eigenvalue weighted by Crippen LogP contribution is -2.53. The van der Waals surface area contributed by atoms with Crippen molar-refractivity contribution in [3.63, 3.8) is 0 Å². The maximum Gasteiger partial charge on any atom is 0.246 e. The molecule has 5 aliphatic rings. The molecule has 1 saturated carbocycles. The topological polar surface area (TPSA) is 107 Å². The van der Waals surface area contributed by atoms with Gasteiger partial charge in [-0.2, -0.15) is 0 Å². The molecule has 1 N–H and O–H groups in total. The second-order valence-corrected chi connectivity index (χ2v) is 16.0. The lowest BCUT2D eigenvalue weighted by molar-refractivity contribution is -0.144. The first-order chi connectivity index (χ1) is 26.7. The highest BCUT2D eigenvalue weighted by Crippen LogP contribution is 2.66. The summed E-state index contributed by atoms with van der Waals surface area (Å²) in [5.74, 6) is -4.56. The summed E-state index contributed by atoms with van der Waals surface area (Å²) in [6.07, 6.45) is 3.88. The van der Waals surface area contributed by atoms with Gasteiger partial charge in [0.25, 0.3) is 0 Å². The lowest BCUT2D eigenvalue weighted by Gasteiger charge is -2.51. The molecule has 9 nitrogen and oxygen atoms in total. The summed E-state index contributed by atoms with van der Waals surface area (Å²) in [4.78, 5) is 64.8. The number of hydrogen-bond acceptors (Lipinski definition) is 7. The number of carbonyl (C=O) groups excluding carboxylic acids is 4. The Morgan fingerprint density at radius 1 is 0.818 bits per heavy atom. The minimum atomic E-state index is -1.52. The average Bonchev–Trinajstić information content (AvgIpc) is 3.59. The highest BCUT2D eigenvalue weighted by molar-refractivity contribution is 6.32. The Labute approximate surface area is 325 Å². The molecule has 3 aliphatic heterocycles. The number of anilines is 1.